The van der Waals surface area contributed by atoms with Gasteiger partial charge in [0, 0.05) is 12.3 Å². The smallest absolute Gasteiger partial charge is 0.356 e. The van der Waals surface area contributed by atoms with Gasteiger partial charge in [-0.25, -0.2) is 9.36 Å². The van der Waals surface area contributed by atoms with Crippen LogP contribution in [0.2, 0.25) is 0 Å². The van der Waals surface area contributed by atoms with E-state index in [9.17, 15) is 15.0 Å². The summed E-state index contributed by atoms with van der Waals surface area (Å²) in [6.45, 7) is -0.477. The molecular weight excluding hydrogens is 262 g/mol. The van der Waals surface area contributed by atoms with Crippen molar-refractivity contribution in [2.24, 2.45) is 0 Å². The monoisotopic (exact) mass is 273 g/mol. The zero-order valence-corrected chi connectivity index (χ0v) is 10.0. The quantitative estimate of drug-likeness (QED) is 0.608. The van der Waals surface area contributed by atoms with Crippen LogP contribution >= 0.6 is 11.6 Å². The van der Waals surface area contributed by atoms with Gasteiger partial charge in [0.15, 0.2) is 5.60 Å². The molecule has 0 radical (unpaired) electrons. The van der Waals surface area contributed by atoms with E-state index in [0.717, 1.165) is 4.57 Å². The number of anilines is 1. The lowest BCUT2D eigenvalue weighted by Gasteiger charge is -2.28. The fourth-order valence-electron chi connectivity index (χ4n) is 1.58. The Balaban J connectivity index is 2.37. The molecule has 98 valence electrons. The molecule has 0 saturated carbocycles. The summed E-state index contributed by atoms with van der Waals surface area (Å²) < 4.78 is 6.45. The van der Waals surface area contributed by atoms with E-state index in [1.807, 2.05) is 0 Å². The van der Waals surface area contributed by atoms with Crippen LogP contribution in [0.1, 0.15) is 0 Å². The third kappa shape index (κ3) is 1.96. The van der Waals surface area contributed by atoms with Crippen molar-refractivity contribution >= 4 is 23.3 Å². The van der Waals surface area contributed by atoms with E-state index in [4.69, 9.17) is 22.1 Å². The van der Waals surface area contributed by atoms with Crippen LogP contribution in [0.15, 0.2) is 23.1 Å². The first-order valence-electron chi connectivity index (χ1n) is 5.14. The fourth-order valence-corrected chi connectivity index (χ4v) is 1.87. The van der Waals surface area contributed by atoms with E-state index < -0.39 is 24.0 Å². The molecule has 0 spiro atoms. The van der Waals surface area contributed by atoms with Gasteiger partial charge in [-0.15, -0.1) is 11.6 Å². The number of hydrogen-bond donors (Lipinski definition) is 3. The number of aliphatic hydroxyl groups excluding tert-OH is 2. The van der Waals surface area contributed by atoms with Crippen LogP contribution in [-0.2, 0) is 4.74 Å². The van der Waals surface area contributed by atoms with Gasteiger partial charge in [-0.1, -0.05) is 0 Å². The predicted octanol–water partition coefficient (Wildman–Crippen LogP) is -1.02. The molecule has 1 aliphatic rings. The van der Waals surface area contributed by atoms with Crippen molar-refractivity contribution in [1.29, 1.82) is 0 Å². The molecule has 0 fully saturated rings. The first kappa shape index (κ1) is 12.9. The number of rotatable bonds is 3. The van der Waals surface area contributed by atoms with E-state index in [1.54, 1.807) is 0 Å². The minimum atomic E-state index is -1.34. The van der Waals surface area contributed by atoms with Crippen molar-refractivity contribution in [3.05, 3.63) is 28.8 Å². The summed E-state index contributed by atoms with van der Waals surface area (Å²) in [4.78, 5) is 15.1. The third-order valence-electron chi connectivity index (χ3n) is 2.70. The Hall–Kier alpha value is -1.57. The van der Waals surface area contributed by atoms with Gasteiger partial charge in [0.25, 0.3) is 0 Å². The molecule has 1 aliphatic heterocycles. The maximum absolute atomic E-state index is 11.6. The fraction of sp³-hybridized carbons (Fsp3) is 0.400. The summed E-state index contributed by atoms with van der Waals surface area (Å²) in [5.74, 6) is 0.0257. The summed E-state index contributed by atoms with van der Waals surface area (Å²) in [6.07, 6.45) is 1.54. The topological polar surface area (TPSA) is 111 Å². The summed E-state index contributed by atoms with van der Waals surface area (Å²) >= 11 is 5.68. The molecule has 0 saturated heterocycles. The van der Waals surface area contributed by atoms with Crippen molar-refractivity contribution in [2.45, 2.75) is 11.7 Å². The van der Waals surface area contributed by atoms with Gasteiger partial charge in [-0.3, -0.25) is 0 Å². The third-order valence-corrected chi connectivity index (χ3v) is 3.16. The maximum atomic E-state index is 11.6. The molecule has 2 heterocycles. The first-order valence-corrected chi connectivity index (χ1v) is 5.67. The van der Waals surface area contributed by atoms with Crippen molar-refractivity contribution in [2.75, 3.05) is 18.2 Å². The SMILES string of the molecule is Nc1ccn(C2=C[C@H](O)[C@](CO)(CCl)O2)c(=O)n1. The van der Waals surface area contributed by atoms with Crippen LogP contribution in [0.5, 0.6) is 0 Å². The summed E-state index contributed by atoms with van der Waals surface area (Å²) in [5.41, 5.74) is 3.39. The highest BCUT2D eigenvalue weighted by molar-refractivity contribution is 6.18. The zero-order chi connectivity index (χ0) is 13.3. The Labute approximate surface area is 107 Å². The minimum Gasteiger partial charge on any atom is -0.465 e. The molecule has 0 aromatic carbocycles. The number of ether oxygens (including phenoxy) is 1. The van der Waals surface area contributed by atoms with E-state index in [2.05, 4.69) is 4.98 Å². The zero-order valence-electron chi connectivity index (χ0n) is 9.28. The summed E-state index contributed by atoms with van der Waals surface area (Å²) in [7, 11) is 0. The molecule has 18 heavy (non-hydrogen) atoms. The van der Waals surface area contributed by atoms with Crippen LogP contribution in [0, 0.1) is 0 Å². The van der Waals surface area contributed by atoms with Gasteiger partial charge in [-0.05, 0) is 6.07 Å². The number of aliphatic hydroxyl groups is 2. The number of aromatic nitrogens is 2. The average molecular weight is 274 g/mol. The van der Waals surface area contributed by atoms with Gasteiger partial charge >= 0.3 is 5.69 Å². The second-order valence-corrected chi connectivity index (χ2v) is 4.18. The highest BCUT2D eigenvalue weighted by atomic mass is 35.5. The van der Waals surface area contributed by atoms with Gasteiger partial charge in [-0.2, -0.15) is 4.98 Å². The second kappa shape index (κ2) is 4.60. The van der Waals surface area contributed by atoms with Crippen molar-refractivity contribution in [3.8, 4) is 0 Å². The number of hydrogen-bond acceptors (Lipinski definition) is 6. The molecule has 8 heteroatoms. The highest BCUT2D eigenvalue weighted by Crippen LogP contribution is 2.31. The number of nitrogens with two attached hydrogens (primary N) is 1. The van der Waals surface area contributed by atoms with Crippen LogP contribution in [0.3, 0.4) is 0 Å². The van der Waals surface area contributed by atoms with Crippen LogP contribution < -0.4 is 11.4 Å². The number of halogens is 1. The summed E-state index contributed by atoms with van der Waals surface area (Å²) in [6, 6.07) is 1.41. The lowest BCUT2D eigenvalue weighted by Crippen LogP contribution is -2.45. The van der Waals surface area contributed by atoms with E-state index in [1.165, 1.54) is 18.3 Å². The predicted molar refractivity (Wildman–Crippen MR) is 64.8 cm³/mol. The van der Waals surface area contributed by atoms with Crippen molar-refractivity contribution < 1.29 is 14.9 Å². The van der Waals surface area contributed by atoms with Crippen LogP contribution in [0.25, 0.3) is 5.88 Å². The molecule has 0 amide bonds. The average Bonchev–Trinajstić information content (AvgIpc) is 2.67. The van der Waals surface area contributed by atoms with Crippen LogP contribution in [-0.4, -0.2) is 44.0 Å². The Morgan fingerprint density at radius 3 is 2.89 bits per heavy atom. The van der Waals surface area contributed by atoms with Crippen molar-refractivity contribution in [1.82, 2.24) is 9.55 Å². The lowest BCUT2D eigenvalue weighted by atomic mass is 10.0. The van der Waals surface area contributed by atoms with Gasteiger partial charge < -0.3 is 20.7 Å². The highest BCUT2D eigenvalue weighted by Gasteiger charge is 2.44. The molecule has 7 nitrogen and oxygen atoms in total. The summed E-state index contributed by atoms with van der Waals surface area (Å²) in [5, 5.41) is 19.0. The maximum Gasteiger partial charge on any atom is 0.356 e. The molecule has 1 aromatic rings. The molecule has 0 unspecified atom stereocenters. The number of nitrogen functional groups attached to an aromatic ring is 1. The Morgan fingerprint density at radius 2 is 2.39 bits per heavy atom. The van der Waals surface area contributed by atoms with E-state index >= 15 is 0 Å². The van der Waals surface area contributed by atoms with E-state index in [-0.39, 0.29) is 17.6 Å². The second-order valence-electron chi connectivity index (χ2n) is 3.91. The Kier molecular flexibility index (Phi) is 3.29. The molecule has 2 rings (SSSR count). The molecular formula is C10H12ClN3O4. The Bertz CT molecular complexity index is 538. The van der Waals surface area contributed by atoms with Crippen LogP contribution in [0.4, 0.5) is 5.82 Å². The van der Waals surface area contributed by atoms with Gasteiger partial charge in [0.2, 0.25) is 5.88 Å². The number of alkyl halides is 1. The molecule has 0 bridgehead atoms. The van der Waals surface area contributed by atoms with Crippen molar-refractivity contribution in [3.63, 3.8) is 0 Å². The Morgan fingerprint density at radius 1 is 1.67 bits per heavy atom. The lowest BCUT2D eigenvalue weighted by molar-refractivity contribution is -0.0529. The molecule has 1 aromatic heterocycles. The first-order chi connectivity index (χ1) is 8.52. The molecule has 2 atom stereocenters. The minimum absolute atomic E-state index is 0.0645. The molecule has 0 aliphatic carbocycles. The van der Waals surface area contributed by atoms with Gasteiger partial charge in [0.05, 0.1) is 12.5 Å². The standard InChI is InChI=1S/C10H12ClN3O4/c11-4-10(5-15)6(16)3-8(18-10)14-2-1-7(12)13-9(14)17/h1-3,6,15-16H,4-5H2,(H2,12,13,17)/t6-,10+/m0/s1. The number of nitrogens with zero attached hydrogens (tertiary/aromatic N) is 2. The molecule has 4 N–H and O–H groups in total. The largest absolute Gasteiger partial charge is 0.465 e. The normalized spacial score (nSPS) is 26.8. The van der Waals surface area contributed by atoms with Gasteiger partial charge in [0.1, 0.15) is 11.9 Å². The van der Waals surface area contributed by atoms with E-state index in [0.29, 0.717) is 0 Å².